The monoisotopic (exact) mass is 262 g/mol. The van der Waals surface area contributed by atoms with Gasteiger partial charge in [0.25, 0.3) is 0 Å². The molecule has 1 heterocycles. The summed E-state index contributed by atoms with van der Waals surface area (Å²) in [5.74, 6) is 0.0350. The van der Waals surface area contributed by atoms with Crippen LogP contribution in [0.4, 0.5) is 11.4 Å². The van der Waals surface area contributed by atoms with Crippen molar-refractivity contribution in [3.8, 4) is 0 Å². The largest absolute Gasteiger partial charge is 0.380 e. The van der Waals surface area contributed by atoms with E-state index in [2.05, 4.69) is 17.6 Å². The molecule has 1 aliphatic heterocycles. The minimum Gasteiger partial charge on any atom is -0.380 e. The summed E-state index contributed by atoms with van der Waals surface area (Å²) in [5, 5.41) is 6.34. The first-order valence-electron chi connectivity index (χ1n) is 6.85. The standard InChI is InChI=1S/C15H22N2O2/c1-10(2)15(18)17-13-6-4-12(5-7-13)16-14-8-9-19-11(14)3/h4-7,10-11,14,16H,8-9H2,1-3H3,(H,17,18)/t11-,14+/m0/s1. The predicted octanol–water partition coefficient (Wildman–Crippen LogP) is 2.87. The SMILES string of the molecule is CC(C)C(=O)Nc1ccc(N[C@@H]2CCO[C@H]2C)cc1. The van der Waals surface area contributed by atoms with Crippen molar-refractivity contribution in [2.75, 3.05) is 17.2 Å². The van der Waals surface area contributed by atoms with Gasteiger partial charge in [0.15, 0.2) is 0 Å². The van der Waals surface area contributed by atoms with Crippen molar-refractivity contribution in [1.82, 2.24) is 0 Å². The zero-order valence-corrected chi connectivity index (χ0v) is 11.8. The molecule has 104 valence electrons. The fourth-order valence-electron chi connectivity index (χ4n) is 2.07. The number of benzene rings is 1. The smallest absolute Gasteiger partial charge is 0.226 e. The molecule has 0 unspecified atom stereocenters. The molecular weight excluding hydrogens is 240 g/mol. The van der Waals surface area contributed by atoms with Crippen LogP contribution in [0.15, 0.2) is 24.3 Å². The highest BCUT2D eigenvalue weighted by molar-refractivity contribution is 5.92. The Morgan fingerprint density at radius 2 is 1.89 bits per heavy atom. The van der Waals surface area contributed by atoms with Gasteiger partial charge in [-0.15, -0.1) is 0 Å². The van der Waals surface area contributed by atoms with Crippen LogP contribution >= 0.6 is 0 Å². The molecule has 1 aliphatic rings. The van der Waals surface area contributed by atoms with E-state index in [9.17, 15) is 4.79 Å². The number of amides is 1. The summed E-state index contributed by atoms with van der Waals surface area (Å²) in [6.07, 6.45) is 1.29. The molecule has 2 atom stereocenters. The van der Waals surface area contributed by atoms with Crippen LogP contribution in [0.1, 0.15) is 27.2 Å². The molecule has 1 saturated heterocycles. The highest BCUT2D eigenvalue weighted by Crippen LogP contribution is 2.20. The number of carbonyl (C=O) groups is 1. The summed E-state index contributed by atoms with van der Waals surface area (Å²) in [5.41, 5.74) is 1.89. The van der Waals surface area contributed by atoms with Gasteiger partial charge in [-0.25, -0.2) is 0 Å². The van der Waals surface area contributed by atoms with Crippen molar-refractivity contribution in [2.24, 2.45) is 5.92 Å². The molecule has 4 heteroatoms. The summed E-state index contributed by atoms with van der Waals surface area (Å²) in [6, 6.07) is 8.19. The Labute approximate surface area is 114 Å². The molecule has 0 aliphatic carbocycles. The average Bonchev–Trinajstić information content (AvgIpc) is 2.77. The van der Waals surface area contributed by atoms with E-state index >= 15 is 0 Å². The van der Waals surface area contributed by atoms with Gasteiger partial charge >= 0.3 is 0 Å². The van der Waals surface area contributed by atoms with Crippen LogP contribution in [0, 0.1) is 5.92 Å². The van der Waals surface area contributed by atoms with Crippen molar-refractivity contribution >= 4 is 17.3 Å². The molecule has 1 fully saturated rings. The number of hydrogen-bond acceptors (Lipinski definition) is 3. The van der Waals surface area contributed by atoms with Crippen LogP contribution in [0.25, 0.3) is 0 Å². The molecule has 1 amide bonds. The Balaban J connectivity index is 1.93. The van der Waals surface area contributed by atoms with E-state index in [0.29, 0.717) is 6.04 Å². The summed E-state index contributed by atoms with van der Waals surface area (Å²) in [6.45, 7) is 6.67. The number of anilines is 2. The van der Waals surface area contributed by atoms with Crippen molar-refractivity contribution in [2.45, 2.75) is 39.3 Å². The minimum atomic E-state index is -0.00529. The quantitative estimate of drug-likeness (QED) is 0.877. The molecule has 0 radical (unpaired) electrons. The lowest BCUT2D eigenvalue weighted by Gasteiger charge is -2.17. The highest BCUT2D eigenvalue weighted by atomic mass is 16.5. The Hall–Kier alpha value is -1.55. The Morgan fingerprint density at radius 3 is 2.42 bits per heavy atom. The molecule has 2 rings (SSSR count). The van der Waals surface area contributed by atoms with Crippen molar-refractivity contribution < 1.29 is 9.53 Å². The zero-order chi connectivity index (χ0) is 13.8. The molecule has 4 nitrogen and oxygen atoms in total. The summed E-state index contributed by atoms with van der Waals surface area (Å²) in [7, 11) is 0. The number of ether oxygens (including phenoxy) is 1. The average molecular weight is 262 g/mol. The van der Waals surface area contributed by atoms with E-state index in [1.807, 2.05) is 38.1 Å². The second kappa shape index (κ2) is 6.06. The lowest BCUT2D eigenvalue weighted by atomic mass is 10.1. The van der Waals surface area contributed by atoms with Gasteiger partial charge in [0, 0.05) is 23.9 Å². The number of nitrogens with one attached hydrogen (secondary N) is 2. The maximum atomic E-state index is 11.6. The number of rotatable bonds is 4. The second-order valence-electron chi connectivity index (χ2n) is 5.34. The molecule has 0 saturated carbocycles. The predicted molar refractivity (Wildman–Crippen MR) is 77.4 cm³/mol. The van der Waals surface area contributed by atoms with Crippen LogP contribution in [0.2, 0.25) is 0 Å². The molecule has 1 aromatic carbocycles. The fraction of sp³-hybridized carbons (Fsp3) is 0.533. The summed E-state index contributed by atoms with van der Waals surface area (Å²) >= 11 is 0. The van der Waals surface area contributed by atoms with Crippen LogP contribution in [0.3, 0.4) is 0 Å². The third-order valence-corrected chi connectivity index (χ3v) is 3.41. The van der Waals surface area contributed by atoms with Crippen molar-refractivity contribution in [1.29, 1.82) is 0 Å². The molecule has 2 N–H and O–H groups in total. The lowest BCUT2D eigenvalue weighted by Crippen LogP contribution is -2.26. The van der Waals surface area contributed by atoms with Gasteiger partial charge in [0.1, 0.15) is 0 Å². The van der Waals surface area contributed by atoms with E-state index in [4.69, 9.17) is 4.74 Å². The van der Waals surface area contributed by atoms with Crippen LogP contribution in [0.5, 0.6) is 0 Å². The second-order valence-corrected chi connectivity index (χ2v) is 5.34. The third kappa shape index (κ3) is 3.70. The topological polar surface area (TPSA) is 50.4 Å². The van der Waals surface area contributed by atoms with Gasteiger partial charge in [0.2, 0.25) is 5.91 Å². The first-order valence-corrected chi connectivity index (χ1v) is 6.85. The van der Waals surface area contributed by atoms with Crippen molar-refractivity contribution in [3.05, 3.63) is 24.3 Å². The van der Waals surface area contributed by atoms with E-state index < -0.39 is 0 Å². The first kappa shape index (κ1) is 13.9. The molecule has 0 bridgehead atoms. The Kier molecular flexibility index (Phi) is 4.43. The van der Waals surface area contributed by atoms with Crippen LogP contribution < -0.4 is 10.6 Å². The normalized spacial score (nSPS) is 22.5. The number of carbonyl (C=O) groups excluding carboxylic acids is 1. The Bertz CT molecular complexity index is 428. The van der Waals surface area contributed by atoms with Gasteiger partial charge in [-0.3, -0.25) is 4.79 Å². The van der Waals surface area contributed by atoms with Crippen LogP contribution in [-0.4, -0.2) is 24.7 Å². The third-order valence-electron chi connectivity index (χ3n) is 3.41. The molecule has 1 aromatic rings. The zero-order valence-electron chi connectivity index (χ0n) is 11.8. The summed E-state index contributed by atoms with van der Waals surface area (Å²) in [4.78, 5) is 11.6. The van der Waals surface area contributed by atoms with E-state index in [-0.39, 0.29) is 17.9 Å². The van der Waals surface area contributed by atoms with Gasteiger partial charge in [-0.05, 0) is 37.6 Å². The van der Waals surface area contributed by atoms with Gasteiger partial charge in [-0.2, -0.15) is 0 Å². The van der Waals surface area contributed by atoms with Gasteiger partial charge in [-0.1, -0.05) is 13.8 Å². The number of hydrogen-bond donors (Lipinski definition) is 2. The molecule has 0 aromatic heterocycles. The lowest BCUT2D eigenvalue weighted by molar-refractivity contribution is -0.118. The molecule has 19 heavy (non-hydrogen) atoms. The fourth-order valence-corrected chi connectivity index (χ4v) is 2.07. The summed E-state index contributed by atoms with van der Waals surface area (Å²) < 4.78 is 5.52. The van der Waals surface area contributed by atoms with Crippen LogP contribution in [-0.2, 0) is 9.53 Å². The van der Waals surface area contributed by atoms with E-state index in [1.54, 1.807) is 0 Å². The first-order chi connectivity index (χ1) is 9.06. The van der Waals surface area contributed by atoms with Gasteiger partial charge < -0.3 is 15.4 Å². The Morgan fingerprint density at radius 1 is 1.26 bits per heavy atom. The van der Waals surface area contributed by atoms with E-state index in [0.717, 1.165) is 24.4 Å². The minimum absolute atomic E-state index is 0.00529. The molecular formula is C15H22N2O2. The van der Waals surface area contributed by atoms with E-state index in [1.165, 1.54) is 0 Å². The molecule has 0 spiro atoms. The maximum absolute atomic E-state index is 11.6. The van der Waals surface area contributed by atoms with Gasteiger partial charge in [0.05, 0.1) is 12.1 Å². The highest BCUT2D eigenvalue weighted by Gasteiger charge is 2.23. The maximum Gasteiger partial charge on any atom is 0.226 e. The van der Waals surface area contributed by atoms with Crippen molar-refractivity contribution in [3.63, 3.8) is 0 Å².